The molecule has 6 nitrogen and oxygen atoms in total. The Kier molecular flexibility index (Phi) is 11.1. The van der Waals surface area contributed by atoms with Crippen molar-refractivity contribution in [3.8, 4) is 0 Å². The van der Waals surface area contributed by atoms with Crippen LogP contribution in [-0.2, 0) is 51.4 Å². The van der Waals surface area contributed by atoms with E-state index in [1.54, 1.807) is 0 Å². The second-order valence-electron chi connectivity index (χ2n) is 2.67. The van der Waals surface area contributed by atoms with Crippen LogP contribution >= 0.6 is 8.03 Å². The third-order valence-corrected chi connectivity index (χ3v) is 1.97. The number of rotatable bonds is 5. The number of likely N-dealkylation sites (N-methyl/N-ethyl adjacent to an activating group) is 1. The van der Waals surface area contributed by atoms with E-state index in [2.05, 4.69) is 10.6 Å². The summed E-state index contributed by atoms with van der Waals surface area (Å²) in [5, 5.41) is 4.76. The summed E-state index contributed by atoms with van der Waals surface area (Å²) in [6.07, 6.45) is 0. The van der Waals surface area contributed by atoms with Crippen molar-refractivity contribution in [1.29, 1.82) is 0 Å². The van der Waals surface area contributed by atoms with Gasteiger partial charge in [-0.05, 0) is 0 Å². The summed E-state index contributed by atoms with van der Waals surface area (Å²) in [6, 6.07) is -0.786. The minimum Gasteiger partial charge on any atom is -0.357 e. The summed E-state index contributed by atoms with van der Waals surface area (Å²) in [5.74, 6) is -0.707. The van der Waals surface area contributed by atoms with Crippen molar-refractivity contribution in [2.45, 2.75) is 13.0 Å². The molecule has 8 heteroatoms. The van der Waals surface area contributed by atoms with Crippen LogP contribution in [-0.4, -0.2) is 38.2 Å². The van der Waals surface area contributed by atoms with E-state index in [-0.39, 0.29) is 51.1 Å². The van der Waals surface area contributed by atoms with E-state index < -0.39 is 14.1 Å². The van der Waals surface area contributed by atoms with Gasteiger partial charge in [0.15, 0.2) is 8.03 Å². The molecule has 0 heterocycles. The van der Waals surface area contributed by atoms with Gasteiger partial charge in [-0.1, -0.05) is 0 Å². The summed E-state index contributed by atoms with van der Waals surface area (Å²) in [7, 11) is -0.637. The topological polar surface area (TPSA) is 84.5 Å². The van der Waals surface area contributed by atoms with Gasteiger partial charge in [-0.25, -0.2) is 0 Å². The van der Waals surface area contributed by atoms with Gasteiger partial charge in [-0.2, -0.15) is 0 Å². The van der Waals surface area contributed by atoms with Gasteiger partial charge in [0.05, 0.1) is 6.61 Å². The fourth-order valence-corrected chi connectivity index (χ4v) is 1.20. The molecule has 2 atom stereocenters. The molecule has 0 spiro atoms. The molecule has 0 aliphatic heterocycles. The molecule has 0 aromatic rings. The van der Waals surface area contributed by atoms with Crippen LogP contribution in [0.1, 0.15) is 6.92 Å². The molecule has 2 N–H and O–H groups in total. The Morgan fingerprint density at radius 3 is 2.33 bits per heavy atom. The van der Waals surface area contributed by atoms with Crippen LogP contribution in [0.2, 0.25) is 0 Å². The van der Waals surface area contributed by atoms with Crippen LogP contribution in [0.25, 0.3) is 0 Å². The first-order valence-corrected chi connectivity index (χ1v) is 5.91. The Balaban J connectivity index is 0. The van der Waals surface area contributed by atoms with Crippen molar-refractivity contribution in [2.24, 2.45) is 0 Å². The number of amides is 2. The molecule has 0 saturated heterocycles. The Bertz CT molecular complexity index is 249. The van der Waals surface area contributed by atoms with Crippen molar-refractivity contribution in [3.05, 3.63) is 0 Å². The summed E-state index contributed by atoms with van der Waals surface area (Å²) < 4.78 is 15.5. The summed E-state index contributed by atoms with van der Waals surface area (Å²) in [5.41, 5.74) is 0. The van der Waals surface area contributed by atoms with Crippen molar-refractivity contribution < 1.29 is 51.4 Å². The molecule has 0 saturated carbocycles. The van der Waals surface area contributed by atoms with Crippen LogP contribution < -0.4 is 10.6 Å². The Labute approximate surface area is 115 Å². The zero-order chi connectivity index (χ0) is 11.1. The maximum absolute atomic E-state index is 11.2. The third kappa shape index (κ3) is 9.18. The smallest absolute Gasteiger partial charge is 0.244 e. The average molecular weight is 311 g/mol. The molecule has 0 aliphatic rings. The second-order valence-corrected chi connectivity index (χ2v) is 3.94. The minimum absolute atomic E-state index is 0. The molecule has 0 aromatic carbocycles. The van der Waals surface area contributed by atoms with E-state index >= 15 is 0 Å². The standard InChI is InChI=1S/C7H15N2O4P.Y/c1-5(10)9-6(7(11)8-2)4-13-14(3)12;/h6,14H,4H2,1-3H3,(H,8,11)(H,9,10);. The van der Waals surface area contributed by atoms with E-state index in [1.807, 2.05) is 0 Å². The Hall–Kier alpha value is 0.234. The van der Waals surface area contributed by atoms with E-state index in [1.165, 1.54) is 20.6 Å². The fourth-order valence-electron chi connectivity index (χ4n) is 0.803. The predicted molar refractivity (Wildman–Crippen MR) is 52.5 cm³/mol. The van der Waals surface area contributed by atoms with Crippen LogP contribution in [0.3, 0.4) is 0 Å². The number of carbonyl (C=O) groups excluding carboxylic acids is 2. The number of hydrogen-bond donors (Lipinski definition) is 2. The molecule has 0 aromatic heterocycles. The van der Waals surface area contributed by atoms with E-state index in [0.717, 1.165) is 0 Å². The molecule has 1 radical (unpaired) electrons. The van der Waals surface area contributed by atoms with Crippen molar-refractivity contribution in [3.63, 3.8) is 0 Å². The normalized spacial score (nSPS) is 13.3. The van der Waals surface area contributed by atoms with Crippen LogP contribution in [0, 0.1) is 0 Å². The molecule has 15 heavy (non-hydrogen) atoms. The van der Waals surface area contributed by atoms with Crippen LogP contribution in [0.15, 0.2) is 0 Å². The SMILES string of the molecule is CNC(=O)C(CO[PH](C)=O)NC(C)=O.[Y]. The van der Waals surface area contributed by atoms with Crippen molar-refractivity contribution >= 4 is 19.8 Å². The predicted octanol–water partition coefficient (Wildman–Crippen LogP) is -0.644. The fraction of sp³-hybridized carbons (Fsp3) is 0.714. The molecule has 0 fully saturated rings. The first kappa shape index (κ1) is 17.6. The van der Waals surface area contributed by atoms with Gasteiger partial charge in [0, 0.05) is 53.3 Å². The molecule has 2 amide bonds. The minimum atomic E-state index is -2.09. The van der Waals surface area contributed by atoms with Crippen molar-refractivity contribution in [2.75, 3.05) is 20.3 Å². The van der Waals surface area contributed by atoms with Gasteiger partial charge < -0.3 is 15.2 Å². The van der Waals surface area contributed by atoms with E-state index in [9.17, 15) is 14.2 Å². The number of carbonyl (C=O) groups is 2. The quantitative estimate of drug-likeness (QED) is 0.661. The first-order chi connectivity index (χ1) is 6.47. The number of hydrogen-bond acceptors (Lipinski definition) is 4. The van der Waals surface area contributed by atoms with Crippen molar-refractivity contribution in [1.82, 2.24) is 10.6 Å². The molecular formula is C7H15N2O4PY. The summed E-state index contributed by atoms with van der Waals surface area (Å²) in [6.45, 7) is 2.64. The summed E-state index contributed by atoms with van der Waals surface area (Å²) >= 11 is 0. The monoisotopic (exact) mass is 311 g/mol. The van der Waals surface area contributed by atoms with Crippen LogP contribution in [0.5, 0.6) is 0 Å². The van der Waals surface area contributed by atoms with Gasteiger partial charge >= 0.3 is 0 Å². The second kappa shape index (κ2) is 9.46. The number of nitrogens with one attached hydrogen (secondary N) is 2. The maximum atomic E-state index is 11.2. The van der Waals surface area contributed by atoms with E-state index in [0.29, 0.717) is 0 Å². The molecule has 85 valence electrons. The van der Waals surface area contributed by atoms with Gasteiger partial charge in [-0.3, -0.25) is 14.2 Å². The molecule has 0 aliphatic carbocycles. The Morgan fingerprint density at radius 2 is 2.00 bits per heavy atom. The van der Waals surface area contributed by atoms with Gasteiger partial charge in [-0.15, -0.1) is 0 Å². The molecule has 2 unspecified atom stereocenters. The molecule has 0 rings (SSSR count). The zero-order valence-corrected chi connectivity index (χ0v) is 12.8. The zero-order valence-electron chi connectivity index (χ0n) is 8.99. The largest absolute Gasteiger partial charge is 0.357 e. The van der Waals surface area contributed by atoms with Gasteiger partial charge in [0.2, 0.25) is 11.8 Å². The first-order valence-electron chi connectivity index (χ1n) is 4.09. The van der Waals surface area contributed by atoms with Crippen LogP contribution in [0.4, 0.5) is 0 Å². The summed E-state index contributed by atoms with van der Waals surface area (Å²) in [4.78, 5) is 21.9. The third-order valence-electron chi connectivity index (χ3n) is 1.39. The molecular weight excluding hydrogens is 296 g/mol. The van der Waals surface area contributed by atoms with E-state index in [4.69, 9.17) is 4.52 Å². The maximum Gasteiger partial charge on any atom is 0.244 e. The average Bonchev–Trinajstić information content (AvgIpc) is 2.10. The van der Waals surface area contributed by atoms with Gasteiger partial charge in [0.1, 0.15) is 6.04 Å². The molecule has 0 bridgehead atoms. The van der Waals surface area contributed by atoms with Gasteiger partial charge in [0.25, 0.3) is 0 Å². The Morgan fingerprint density at radius 1 is 1.47 bits per heavy atom.